The number of aliphatic hydroxyl groups is 2. The number of Topliss-reactive ketones (excluding diaryl/α,β-unsaturated/α-hetero) is 2. The van der Waals surface area contributed by atoms with Gasteiger partial charge in [-0.2, -0.15) is 0 Å². The lowest BCUT2D eigenvalue weighted by atomic mass is 9.87. The molecule has 1 aromatic carbocycles. The highest BCUT2D eigenvalue weighted by atomic mass is 16.5. The van der Waals surface area contributed by atoms with E-state index in [0.717, 1.165) is 5.56 Å². The molecule has 0 fully saturated rings. The molecule has 0 radical (unpaired) electrons. The molecule has 0 aliphatic rings. The van der Waals surface area contributed by atoms with E-state index in [0.29, 0.717) is 25.4 Å². The number of aliphatic hydroxyl groups excluding tert-OH is 2. The number of hydrogen-bond donors (Lipinski definition) is 3. The molecular weight excluding hydrogens is 378 g/mol. The normalized spacial score (nSPS) is 12.3. The van der Waals surface area contributed by atoms with E-state index < -0.39 is 29.0 Å². The van der Waals surface area contributed by atoms with Gasteiger partial charge in [0.1, 0.15) is 18.5 Å². The van der Waals surface area contributed by atoms with Gasteiger partial charge in [0.25, 0.3) is 0 Å². The maximum absolute atomic E-state index is 12.0. The second-order valence-corrected chi connectivity index (χ2v) is 7.42. The number of carbonyl (C=O) groups is 3. The number of aryl methyl sites for hydroxylation is 1. The minimum atomic E-state index is -1.40. The first-order chi connectivity index (χ1) is 13.7. The van der Waals surface area contributed by atoms with Crippen molar-refractivity contribution in [2.75, 3.05) is 33.5 Å². The van der Waals surface area contributed by atoms with E-state index in [1.54, 1.807) is 33.1 Å². The molecule has 162 valence electrons. The van der Waals surface area contributed by atoms with Crippen molar-refractivity contribution in [1.82, 2.24) is 5.32 Å². The van der Waals surface area contributed by atoms with E-state index in [-0.39, 0.29) is 26.0 Å². The minimum absolute atomic E-state index is 0.0461. The van der Waals surface area contributed by atoms with Gasteiger partial charge in [-0.3, -0.25) is 14.4 Å². The lowest BCUT2D eigenvalue weighted by Gasteiger charge is -2.27. The number of rotatable bonds is 14. The average Bonchev–Trinajstić information content (AvgIpc) is 2.72. The van der Waals surface area contributed by atoms with E-state index in [4.69, 9.17) is 14.6 Å². The molecule has 0 unspecified atom stereocenters. The number of amides is 1. The molecule has 1 aromatic rings. The number of nitrogens with one attached hydrogen (secondary N) is 1. The monoisotopic (exact) mass is 409 g/mol. The molecular formula is C21H31NO7. The van der Waals surface area contributed by atoms with Crippen molar-refractivity contribution in [3.8, 4) is 5.75 Å². The summed E-state index contributed by atoms with van der Waals surface area (Å²) < 4.78 is 10.4. The quantitative estimate of drug-likeness (QED) is 0.305. The lowest BCUT2D eigenvalue weighted by molar-refractivity contribution is -0.138. The Morgan fingerprint density at radius 3 is 2.28 bits per heavy atom. The molecule has 0 aliphatic heterocycles. The molecule has 8 heteroatoms. The molecule has 0 spiro atoms. The van der Waals surface area contributed by atoms with E-state index in [1.807, 2.05) is 12.1 Å². The van der Waals surface area contributed by atoms with Crippen LogP contribution in [0.4, 0.5) is 0 Å². The van der Waals surface area contributed by atoms with E-state index in [9.17, 15) is 19.5 Å². The summed E-state index contributed by atoms with van der Waals surface area (Å²) >= 11 is 0. The fourth-order valence-electron chi connectivity index (χ4n) is 2.37. The zero-order valence-electron chi connectivity index (χ0n) is 17.3. The van der Waals surface area contributed by atoms with Crippen LogP contribution in [0.2, 0.25) is 0 Å². The fourth-order valence-corrected chi connectivity index (χ4v) is 2.37. The Labute approximate surface area is 171 Å². The molecule has 8 nitrogen and oxygen atoms in total. The second kappa shape index (κ2) is 12.3. The van der Waals surface area contributed by atoms with Gasteiger partial charge in [-0.25, -0.2) is 0 Å². The highest BCUT2D eigenvalue weighted by Crippen LogP contribution is 2.19. The van der Waals surface area contributed by atoms with Crippen LogP contribution >= 0.6 is 0 Å². The summed E-state index contributed by atoms with van der Waals surface area (Å²) in [5, 5.41) is 21.5. The molecule has 1 rings (SSSR count). The molecule has 1 atom stereocenters. The first-order valence-electron chi connectivity index (χ1n) is 9.54. The van der Waals surface area contributed by atoms with Gasteiger partial charge in [0.05, 0.1) is 13.2 Å². The summed E-state index contributed by atoms with van der Waals surface area (Å²) in [6, 6.07) is 7.27. The van der Waals surface area contributed by atoms with Crippen LogP contribution in [-0.4, -0.2) is 67.3 Å². The van der Waals surface area contributed by atoms with Crippen LogP contribution < -0.4 is 10.1 Å². The number of carbonyl (C=O) groups excluding carboxylic acids is 3. The summed E-state index contributed by atoms with van der Waals surface area (Å²) in [5.74, 6) is -1.05. The maximum atomic E-state index is 12.0. The molecule has 0 heterocycles. The first-order valence-corrected chi connectivity index (χ1v) is 9.54. The third kappa shape index (κ3) is 8.72. The molecule has 0 bridgehead atoms. The van der Waals surface area contributed by atoms with Crippen LogP contribution in [0, 0.1) is 5.41 Å². The van der Waals surface area contributed by atoms with Gasteiger partial charge in [0, 0.05) is 31.9 Å². The Balaban J connectivity index is 2.34. The topological polar surface area (TPSA) is 122 Å². The molecule has 3 N–H and O–H groups in total. The van der Waals surface area contributed by atoms with Crippen molar-refractivity contribution < 1.29 is 34.1 Å². The zero-order valence-corrected chi connectivity index (χ0v) is 17.3. The molecule has 0 aliphatic carbocycles. The molecule has 0 saturated heterocycles. The maximum Gasteiger partial charge on any atom is 0.249 e. The third-order valence-corrected chi connectivity index (χ3v) is 4.48. The van der Waals surface area contributed by atoms with Gasteiger partial charge in [0.2, 0.25) is 5.91 Å². The van der Waals surface area contributed by atoms with Gasteiger partial charge in [-0.05, 0) is 24.1 Å². The lowest BCUT2D eigenvalue weighted by Crippen LogP contribution is -2.46. The van der Waals surface area contributed by atoms with Gasteiger partial charge in [-0.15, -0.1) is 0 Å². The molecule has 29 heavy (non-hydrogen) atoms. The van der Waals surface area contributed by atoms with Gasteiger partial charge >= 0.3 is 0 Å². The second-order valence-electron chi connectivity index (χ2n) is 7.42. The van der Waals surface area contributed by atoms with Crippen molar-refractivity contribution >= 4 is 17.5 Å². The van der Waals surface area contributed by atoms with E-state index in [2.05, 4.69) is 5.32 Å². The van der Waals surface area contributed by atoms with Crippen molar-refractivity contribution in [3.05, 3.63) is 29.8 Å². The number of ketones is 2. The average molecular weight is 409 g/mol. The Hall–Kier alpha value is -2.29. The van der Waals surface area contributed by atoms with Gasteiger partial charge in [0.15, 0.2) is 11.6 Å². The number of hydrogen-bond acceptors (Lipinski definition) is 7. The number of methoxy groups -OCH3 is 1. The van der Waals surface area contributed by atoms with Crippen molar-refractivity contribution in [2.24, 2.45) is 5.41 Å². The summed E-state index contributed by atoms with van der Waals surface area (Å²) in [6.45, 7) is 3.63. The van der Waals surface area contributed by atoms with Crippen LogP contribution in [0.3, 0.4) is 0 Å². The first kappa shape index (κ1) is 24.7. The Kier molecular flexibility index (Phi) is 10.5. The summed E-state index contributed by atoms with van der Waals surface area (Å²) in [5.41, 5.74) is -0.0817. The van der Waals surface area contributed by atoms with Crippen LogP contribution in [0.25, 0.3) is 0 Å². The van der Waals surface area contributed by atoms with Crippen LogP contribution in [0.1, 0.15) is 32.3 Å². The zero-order chi connectivity index (χ0) is 21.9. The Morgan fingerprint density at radius 1 is 1.07 bits per heavy atom. The highest BCUT2D eigenvalue weighted by Gasteiger charge is 2.32. The van der Waals surface area contributed by atoms with Gasteiger partial charge < -0.3 is 25.0 Å². The predicted octanol–water partition coefficient (Wildman–Crippen LogP) is 0.668. The highest BCUT2D eigenvalue weighted by molar-refractivity contribution is 6.37. The molecule has 0 aromatic heterocycles. The molecule has 1 amide bonds. The molecule has 0 saturated carbocycles. The number of ether oxygens (including phenoxy) is 2. The third-order valence-electron chi connectivity index (χ3n) is 4.48. The fraction of sp³-hybridized carbons (Fsp3) is 0.571. The smallest absolute Gasteiger partial charge is 0.249 e. The van der Waals surface area contributed by atoms with Crippen LogP contribution in [0.15, 0.2) is 24.3 Å². The SMILES string of the molecule is COCCOc1ccc(CCC(=O)C(=O)CCNC(=O)[C@H](O)C(C)(C)CO)cc1. The van der Waals surface area contributed by atoms with Crippen molar-refractivity contribution in [1.29, 1.82) is 0 Å². The predicted molar refractivity (Wildman–Crippen MR) is 107 cm³/mol. The Bertz CT molecular complexity index is 670. The summed E-state index contributed by atoms with van der Waals surface area (Å²) in [4.78, 5) is 35.8. The summed E-state index contributed by atoms with van der Waals surface area (Å²) in [6.07, 6.45) is -1.03. The van der Waals surface area contributed by atoms with E-state index in [1.165, 1.54) is 0 Å². The van der Waals surface area contributed by atoms with E-state index >= 15 is 0 Å². The van der Waals surface area contributed by atoms with Crippen molar-refractivity contribution in [2.45, 2.75) is 39.2 Å². The largest absolute Gasteiger partial charge is 0.491 e. The standard InChI is InChI=1S/C21H31NO7/c1-21(2,14-23)19(26)20(27)22-11-10-18(25)17(24)9-6-15-4-7-16(8-5-15)29-13-12-28-3/h4-5,7-8,19,23,26H,6,9-14H2,1-3H3,(H,22,27)/t19-/m0/s1. The van der Waals surface area contributed by atoms with Crippen LogP contribution in [-0.2, 0) is 25.5 Å². The number of benzene rings is 1. The van der Waals surface area contributed by atoms with Crippen molar-refractivity contribution in [3.63, 3.8) is 0 Å². The minimum Gasteiger partial charge on any atom is -0.491 e. The summed E-state index contributed by atoms with van der Waals surface area (Å²) in [7, 11) is 1.60. The van der Waals surface area contributed by atoms with Gasteiger partial charge in [-0.1, -0.05) is 26.0 Å². The van der Waals surface area contributed by atoms with Crippen LogP contribution in [0.5, 0.6) is 5.75 Å². The Morgan fingerprint density at radius 2 is 1.69 bits per heavy atom.